The van der Waals surface area contributed by atoms with Crippen LogP contribution in [0.2, 0.25) is 0 Å². The van der Waals surface area contributed by atoms with Crippen molar-refractivity contribution in [2.45, 2.75) is 26.1 Å². The van der Waals surface area contributed by atoms with Crippen molar-refractivity contribution in [3.8, 4) is 5.88 Å². The van der Waals surface area contributed by atoms with E-state index in [-0.39, 0.29) is 30.1 Å². The minimum absolute atomic E-state index is 0.0624. The first-order valence-corrected chi connectivity index (χ1v) is 8.60. The minimum Gasteiger partial charge on any atom is -0.475 e. The molecule has 0 aliphatic heterocycles. The molecule has 0 aliphatic carbocycles. The summed E-state index contributed by atoms with van der Waals surface area (Å²) in [6, 6.07) is 5.16. The molecular formula is C17H17BrF3N3O2. The first-order chi connectivity index (χ1) is 12.2. The molecule has 9 heteroatoms. The SMILES string of the molecule is CCN(C(=O)c1ncccc1Br)C(C)COc1ccc(C(F)(F)F)cn1. The topological polar surface area (TPSA) is 55.3 Å². The second-order valence-corrected chi connectivity index (χ2v) is 6.32. The quantitative estimate of drug-likeness (QED) is 0.687. The maximum absolute atomic E-state index is 12.6. The lowest BCUT2D eigenvalue weighted by molar-refractivity contribution is -0.137. The summed E-state index contributed by atoms with van der Waals surface area (Å²) >= 11 is 3.30. The van der Waals surface area contributed by atoms with Crippen LogP contribution in [0.1, 0.15) is 29.9 Å². The minimum atomic E-state index is -4.44. The van der Waals surface area contributed by atoms with Gasteiger partial charge in [-0.2, -0.15) is 13.2 Å². The van der Waals surface area contributed by atoms with E-state index in [2.05, 4.69) is 25.9 Å². The number of halogens is 4. The van der Waals surface area contributed by atoms with Gasteiger partial charge in [-0.05, 0) is 48.0 Å². The molecule has 2 aromatic rings. The third kappa shape index (κ3) is 4.94. The fourth-order valence-electron chi connectivity index (χ4n) is 2.26. The van der Waals surface area contributed by atoms with Crippen LogP contribution in [-0.2, 0) is 6.18 Å². The van der Waals surface area contributed by atoms with Gasteiger partial charge in [-0.1, -0.05) is 0 Å². The summed E-state index contributed by atoms with van der Waals surface area (Å²) < 4.78 is 43.6. The molecule has 1 atom stereocenters. The second-order valence-electron chi connectivity index (χ2n) is 5.47. The molecule has 0 bridgehead atoms. The van der Waals surface area contributed by atoms with Gasteiger partial charge >= 0.3 is 6.18 Å². The average Bonchev–Trinajstić information content (AvgIpc) is 2.60. The van der Waals surface area contributed by atoms with Crippen molar-refractivity contribution < 1.29 is 22.7 Å². The standard InChI is InChI=1S/C17H17BrF3N3O2/c1-3-24(16(25)15-13(18)5-4-8-22-15)11(2)10-26-14-7-6-12(9-23-14)17(19,20)21/h4-9,11H,3,10H2,1-2H3. The number of rotatable bonds is 6. The molecule has 0 N–H and O–H groups in total. The number of carbonyl (C=O) groups is 1. The number of ether oxygens (including phenoxy) is 1. The number of alkyl halides is 3. The fourth-order valence-corrected chi connectivity index (χ4v) is 2.69. The van der Waals surface area contributed by atoms with Gasteiger partial charge in [-0.3, -0.25) is 4.79 Å². The van der Waals surface area contributed by atoms with E-state index in [9.17, 15) is 18.0 Å². The Kier molecular flexibility index (Phi) is 6.57. The number of likely N-dealkylation sites (N-methyl/N-ethyl adjacent to an activating group) is 1. The van der Waals surface area contributed by atoms with Crippen LogP contribution in [0.5, 0.6) is 5.88 Å². The highest BCUT2D eigenvalue weighted by Gasteiger charge is 2.30. The largest absolute Gasteiger partial charge is 0.475 e. The van der Waals surface area contributed by atoms with Crippen molar-refractivity contribution in [2.24, 2.45) is 0 Å². The van der Waals surface area contributed by atoms with Gasteiger partial charge in [0.2, 0.25) is 5.88 Å². The van der Waals surface area contributed by atoms with E-state index in [1.807, 2.05) is 6.92 Å². The van der Waals surface area contributed by atoms with Crippen molar-refractivity contribution in [2.75, 3.05) is 13.2 Å². The molecule has 0 saturated carbocycles. The van der Waals surface area contributed by atoms with Crippen molar-refractivity contribution in [3.05, 3.63) is 52.4 Å². The Bertz CT molecular complexity index is 754. The Morgan fingerprint density at radius 1 is 1.31 bits per heavy atom. The lowest BCUT2D eigenvalue weighted by Crippen LogP contribution is -2.42. The van der Waals surface area contributed by atoms with Crippen molar-refractivity contribution in [1.82, 2.24) is 14.9 Å². The summed E-state index contributed by atoms with van der Waals surface area (Å²) in [4.78, 5) is 21.9. The number of amides is 1. The Morgan fingerprint density at radius 2 is 2.04 bits per heavy atom. The molecule has 0 fully saturated rings. The second kappa shape index (κ2) is 8.48. The molecule has 140 valence electrons. The van der Waals surface area contributed by atoms with Gasteiger partial charge in [0.15, 0.2) is 0 Å². The Balaban J connectivity index is 2.02. The van der Waals surface area contributed by atoms with Crippen LogP contribution in [0, 0.1) is 0 Å². The van der Waals surface area contributed by atoms with E-state index in [4.69, 9.17) is 4.74 Å². The molecule has 5 nitrogen and oxygen atoms in total. The number of pyridine rings is 2. The smallest absolute Gasteiger partial charge is 0.417 e. The summed E-state index contributed by atoms with van der Waals surface area (Å²) in [7, 11) is 0. The maximum Gasteiger partial charge on any atom is 0.417 e. The number of carbonyl (C=O) groups excluding carboxylic acids is 1. The highest BCUT2D eigenvalue weighted by molar-refractivity contribution is 9.10. The molecule has 0 aliphatic rings. The van der Waals surface area contributed by atoms with E-state index in [0.717, 1.165) is 12.1 Å². The van der Waals surface area contributed by atoms with E-state index in [0.29, 0.717) is 17.2 Å². The van der Waals surface area contributed by atoms with E-state index < -0.39 is 11.7 Å². The highest BCUT2D eigenvalue weighted by atomic mass is 79.9. The molecule has 0 saturated heterocycles. The van der Waals surface area contributed by atoms with Gasteiger partial charge < -0.3 is 9.64 Å². The summed E-state index contributed by atoms with van der Waals surface area (Å²) in [5, 5.41) is 0. The predicted octanol–water partition coefficient (Wildman–Crippen LogP) is 4.19. The maximum atomic E-state index is 12.6. The highest BCUT2D eigenvalue weighted by Crippen LogP contribution is 2.29. The Hall–Kier alpha value is -2.16. The predicted molar refractivity (Wildman–Crippen MR) is 92.8 cm³/mol. The van der Waals surface area contributed by atoms with Gasteiger partial charge in [-0.15, -0.1) is 0 Å². The zero-order valence-electron chi connectivity index (χ0n) is 14.1. The van der Waals surface area contributed by atoms with Crippen LogP contribution < -0.4 is 4.74 Å². The van der Waals surface area contributed by atoms with Gasteiger partial charge in [-0.25, -0.2) is 9.97 Å². The van der Waals surface area contributed by atoms with Crippen LogP contribution in [-0.4, -0.2) is 40.0 Å². The molecule has 0 spiro atoms. The first-order valence-electron chi connectivity index (χ1n) is 7.81. The van der Waals surface area contributed by atoms with Gasteiger partial charge in [0.25, 0.3) is 5.91 Å². The van der Waals surface area contributed by atoms with Crippen LogP contribution in [0.25, 0.3) is 0 Å². The lowest BCUT2D eigenvalue weighted by atomic mass is 10.2. The lowest BCUT2D eigenvalue weighted by Gasteiger charge is -2.27. The molecule has 1 unspecified atom stereocenters. The van der Waals surface area contributed by atoms with Crippen LogP contribution >= 0.6 is 15.9 Å². The third-order valence-corrected chi connectivity index (χ3v) is 4.27. The fraction of sp³-hybridized carbons (Fsp3) is 0.353. The summed E-state index contributed by atoms with van der Waals surface area (Å²) in [6.45, 7) is 4.11. The Labute approximate surface area is 157 Å². The molecular weight excluding hydrogens is 415 g/mol. The molecule has 26 heavy (non-hydrogen) atoms. The number of nitrogens with zero attached hydrogens (tertiary/aromatic N) is 3. The summed E-state index contributed by atoms with van der Waals surface area (Å²) in [5.41, 5.74) is -0.558. The average molecular weight is 432 g/mol. The van der Waals surface area contributed by atoms with E-state index >= 15 is 0 Å². The molecule has 2 aromatic heterocycles. The van der Waals surface area contributed by atoms with Crippen molar-refractivity contribution in [1.29, 1.82) is 0 Å². The number of hydrogen-bond acceptors (Lipinski definition) is 4. The summed E-state index contributed by atoms with van der Waals surface area (Å²) in [6.07, 6.45) is -2.20. The summed E-state index contributed by atoms with van der Waals surface area (Å²) in [5.74, 6) is -0.205. The van der Waals surface area contributed by atoms with Crippen LogP contribution in [0.4, 0.5) is 13.2 Å². The van der Waals surface area contributed by atoms with Gasteiger partial charge in [0, 0.05) is 29.5 Å². The monoisotopic (exact) mass is 431 g/mol. The van der Waals surface area contributed by atoms with Crippen LogP contribution in [0.3, 0.4) is 0 Å². The molecule has 2 heterocycles. The van der Waals surface area contributed by atoms with Crippen LogP contribution in [0.15, 0.2) is 41.1 Å². The number of aromatic nitrogens is 2. The van der Waals surface area contributed by atoms with Gasteiger partial charge in [0.05, 0.1) is 11.6 Å². The first kappa shape index (κ1) is 20.2. The normalized spacial score (nSPS) is 12.5. The Morgan fingerprint density at radius 3 is 2.58 bits per heavy atom. The van der Waals surface area contributed by atoms with Crippen molar-refractivity contribution >= 4 is 21.8 Å². The van der Waals surface area contributed by atoms with Gasteiger partial charge in [0.1, 0.15) is 12.3 Å². The third-order valence-electron chi connectivity index (χ3n) is 3.63. The zero-order valence-corrected chi connectivity index (χ0v) is 15.7. The molecule has 0 aromatic carbocycles. The van der Waals surface area contributed by atoms with Crippen molar-refractivity contribution in [3.63, 3.8) is 0 Å². The molecule has 2 rings (SSSR count). The molecule has 1 amide bonds. The number of hydrogen-bond donors (Lipinski definition) is 0. The zero-order chi connectivity index (χ0) is 19.3. The van der Waals surface area contributed by atoms with E-state index in [1.54, 1.807) is 24.0 Å². The van der Waals surface area contributed by atoms with E-state index in [1.165, 1.54) is 6.20 Å². The molecule has 0 radical (unpaired) electrons.